The molecule has 0 spiro atoms. The number of anilines is 1. The maximum absolute atomic E-state index is 13.6. The maximum atomic E-state index is 13.6. The lowest BCUT2D eigenvalue weighted by atomic mass is 9.98. The number of hydrogen-bond acceptors (Lipinski definition) is 3. The summed E-state index contributed by atoms with van der Waals surface area (Å²) in [5, 5.41) is 0. The first kappa shape index (κ1) is 22.5. The second-order valence-electron chi connectivity index (χ2n) is 7.83. The molecule has 0 amide bonds. The standard InChI is InChI=1S/C26H23F3N2O2/c27-26(28,29)22-15-23(31(25(32)24(22)30)16-18-7-3-1-4-8-18)20-11-13-21(14-12-20)33-17-19-9-5-2-6-10-19/h1-11,13,15H,12,14,16-17,30H2. The molecule has 3 aromatic rings. The molecule has 170 valence electrons. The monoisotopic (exact) mass is 452 g/mol. The van der Waals surface area contributed by atoms with Crippen molar-refractivity contribution in [2.75, 3.05) is 5.73 Å². The van der Waals surface area contributed by atoms with Crippen LogP contribution in [0.2, 0.25) is 0 Å². The van der Waals surface area contributed by atoms with Gasteiger partial charge in [0.05, 0.1) is 17.9 Å². The Hall–Kier alpha value is -3.74. The second-order valence-corrected chi connectivity index (χ2v) is 7.83. The van der Waals surface area contributed by atoms with Gasteiger partial charge in [0.25, 0.3) is 5.56 Å². The molecule has 0 unspecified atom stereocenters. The molecule has 1 aromatic heterocycles. The average molecular weight is 452 g/mol. The summed E-state index contributed by atoms with van der Waals surface area (Å²) in [6.45, 7) is 0.532. The lowest BCUT2D eigenvalue weighted by Gasteiger charge is -2.22. The fraction of sp³-hybridized carbons (Fsp3) is 0.192. The minimum absolute atomic E-state index is 0.121. The highest BCUT2D eigenvalue weighted by Gasteiger charge is 2.36. The van der Waals surface area contributed by atoms with Gasteiger partial charge in [0.2, 0.25) is 0 Å². The molecule has 0 bridgehead atoms. The van der Waals surface area contributed by atoms with Crippen molar-refractivity contribution >= 4 is 11.3 Å². The summed E-state index contributed by atoms with van der Waals surface area (Å²) in [6.07, 6.45) is -0.294. The lowest BCUT2D eigenvalue weighted by molar-refractivity contribution is -0.137. The number of allylic oxidation sites excluding steroid dienone is 4. The fourth-order valence-corrected chi connectivity index (χ4v) is 3.79. The van der Waals surface area contributed by atoms with Gasteiger partial charge in [0.1, 0.15) is 12.3 Å². The van der Waals surface area contributed by atoms with E-state index in [0.717, 1.165) is 23.0 Å². The summed E-state index contributed by atoms with van der Waals surface area (Å²) in [5.74, 6) is 0.742. The quantitative estimate of drug-likeness (QED) is 0.516. The third kappa shape index (κ3) is 5.19. The molecule has 2 N–H and O–H groups in total. The molecule has 4 rings (SSSR count). The van der Waals surface area contributed by atoms with Crippen molar-refractivity contribution in [3.05, 3.63) is 117 Å². The zero-order valence-electron chi connectivity index (χ0n) is 17.8. The van der Waals surface area contributed by atoms with Crippen molar-refractivity contribution in [2.24, 2.45) is 0 Å². The van der Waals surface area contributed by atoms with E-state index in [2.05, 4.69) is 0 Å². The van der Waals surface area contributed by atoms with Gasteiger partial charge in [0.15, 0.2) is 0 Å². The molecule has 0 radical (unpaired) electrons. The molecule has 0 saturated heterocycles. The Morgan fingerprint density at radius 3 is 2.12 bits per heavy atom. The molecule has 33 heavy (non-hydrogen) atoms. The average Bonchev–Trinajstić information content (AvgIpc) is 2.82. The smallest absolute Gasteiger partial charge is 0.418 e. The van der Waals surface area contributed by atoms with Crippen LogP contribution in [0.3, 0.4) is 0 Å². The zero-order valence-corrected chi connectivity index (χ0v) is 17.8. The number of nitrogens with two attached hydrogens (primary N) is 1. The molecule has 0 aliphatic heterocycles. The van der Waals surface area contributed by atoms with Gasteiger partial charge in [0, 0.05) is 12.1 Å². The van der Waals surface area contributed by atoms with Crippen molar-refractivity contribution in [3.63, 3.8) is 0 Å². The Balaban J connectivity index is 1.69. The SMILES string of the molecule is Nc1c(C(F)(F)F)cc(C2=CC=C(OCc3ccccc3)CC2)n(Cc2ccccc2)c1=O. The van der Waals surface area contributed by atoms with Crippen LogP contribution in [0.5, 0.6) is 0 Å². The van der Waals surface area contributed by atoms with Crippen LogP contribution in [-0.4, -0.2) is 4.57 Å². The fourth-order valence-electron chi connectivity index (χ4n) is 3.79. The molecule has 1 heterocycles. The molecule has 0 atom stereocenters. The predicted octanol–water partition coefficient (Wildman–Crippen LogP) is 5.78. The van der Waals surface area contributed by atoms with Crippen molar-refractivity contribution in [2.45, 2.75) is 32.2 Å². The highest BCUT2D eigenvalue weighted by molar-refractivity contribution is 5.69. The number of alkyl halides is 3. The molecular weight excluding hydrogens is 429 g/mol. The maximum Gasteiger partial charge on any atom is 0.418 e. The number of nitrogen functional groups attached to an aromatic ring is 1. The summed E-state index contributed by atoms with van der Waals surface area (Å²) in [5.41, 5.74) is 5.54. The van der Waals surface area contributed by atoms with E-state index in [9.17, 15) is 18.0 Å². The van der Waals surface area contributed by atoms with Crippen LogP contribution < -0.4 is 11.3 Å². The zero-order chi connectivity index (χ0) is 23.4. The lowest BCUT2D eigenvalue weighted by Crippen LogP contribution is -2.30. The van der Waals surface area contributed by atoms with Crippen LogP contribution in [0.1, 0.15) is 35.2 Å². The summed E-state index contributed by atoms with van der Waals surface area (Å²) in [4.78, 5) is 12.9. The molecule has 2 aromatic carbocycles. The molecule has 1 aliphatic carbocycles. The molecule has 1 aliphatic rings. The van der Waals surface area contributed by atoms with E-state index in [0.29, 0.717) is 25.0 Å². The Bertz CT molecular complexity index is 1240. The first-order valence-corrected chi connectivity index (χ1v) is 10.5. The largest absolute Gasteiger partial charge is 0.493 e. The Kier molecular flexibility index (Phi) is 6.40. The van der Waals surface area contributed by atoms with Gasteiger partial charge in [-0.2, -0.15) is 13.2 Å². The van der Waals surface area contributed by atoms with Crippen molar-refractivity contribution in [3.8, 4) is 0 Å². The minimum Gasteiger partial charge on any atom is -0.493 e. The van der Waals surface area contributed by atoms with Gasteiger partial charge in [-0.3, -0.25) is 4.79 Å². The first-order chi connectivity index (χ1) is 15.8. The van der Waals surface area contributed by atoms with E-state index in [1.54, 1.807) is 12.2 Å². The van der Waals surface area contributed by atoms with Crippen molar-refractivity contribution < 1.29 is 17.9 Å². The topological polar surface area (TPSA) is 57.2 Å². The van der Waals surface area contributed by atoms with Gasteiger partial charge in [-0.1, -0.05) is 66.7 Å². The molecule has 4 nitrogen and oxygen atoms in total. The van der Waals surface area contributed by atoms with Gasteiger partial charge >= 0.3 is 6.18 Å². The van der Waals surface area contributed by atoms with E-state index in [1.165, 1.54) is 4.57 Å². The van der Waals surface area contributed by atoms with Crippen LogP contribution >= 0.6 is 0 Å². The normalized spacial score (nSPS) is 13.9. The van der Waals surface area contributed by atoms with E-state index in [-0.39, 0.29) is 12.2 Å². The Morgan fingerprint density at radius 2 is 1.55 bits per heavy atom. The van der Waals surface area contributed by atoms with Crippen LogP contribution in [0.4, 0.5) is 18.9 Å². The number of ether oxygens (including phenoxy) is 1. The number of halogens is 3. The Labute approximate surface area is 189 Å². The van der Waals surface area contributed by atoms with Crippen molar-refractivity contribution in [1.29, 1.82) is 0 Å². The summed E-state index contributed by atoms with van der Waals surface area (Å²) < 4.78 is 47.9. The summed E-state index contributed by atoms with van der Waals surface area (Å²) in [7, 11) is 0. The highest BCUT2D eigenvalue weighted by atomic mass is 19.4. The number of pyridine rings is 1. The van der Waals surface area contributed by atoms with Crippen molar-refractivity contribution in [1.82, 2.24) is 4.57 Å². The summed E-state index contributed by atoms with van der Waals surface area (Å²) in [6, 6.07) is 19.8. The summed E-state index contributed by atoms with van der Waals surface area (Å²) >= 11 is 0. The number of hydrogen-bond donors (Lipinski definition) is 1. The van der Waals surface area contributed by atoms with E-state index < -0.39 is 23.0 Å². The number of rotatable bonds is 6. The Morgan fingerprint density at radius 1 is 0.909 bits per heavy atom. The highest BCUT2D eigenvalue weighted by Crippen LogP contribution is 2.35. The van der Waals surface area contributed by atoms with Crippen LogP contribution in [0, 0.1) is 0 Å². The second kappa shape index (κ2) is 9.40. The van der Waals surface area contributed by atoms with Crippen LogP contribution in [-0.2, 0) is 24.1 Å². The van der Waals surface area contributed by atoms with E-state index in [1.807, 2.05) is 60.7 Å². The molecule has 0 saturated carbocycles. The predicted molar refractivity (Wildman–Crippen MR) is 122 cm³/mol. The van der Waals surface area contributed by atoms with Gasteiger partial charge in [-0.05, 0) is 35.3 Å². The third-order valence-electron chi connectivity index (χ3n) is 5.53. The molecule has 0 fully saturated rings. The van der Waals surface area contributed by atoms with Gasteiger partial charge in [-0.25, -0.2) is 0 Å². The van der Waals surface area contributed by atoms with Gasteiger partial charge in [-0.15, -0.1) is 0 Å². The molecular formula is C26H23F3N2O2. The first-order valence-electron chi connectivity index (χ1n) is 10.5. The molecule has 7 heteroatoms. The number of aromatic nitrogens is 1. The van der Waals surface area contributed by atoms with E-state index in [4.69, 9.17) is 10.5 Å². The number of nitrogens with zero attached hydrogens (tertiary/aromatic N) is 1. The minimum atomic E-state index is -4.72. The van der Waals surface area contributed by atoms with E-state index >= 15 is 0 Å². The van der Waals surface area contributed by atoms with Crippen LogP contribution in [0.25, 0.3) is 5.57 Å². The third-order valence-corrected chi connectivity index (χ3v) is 5.53. The van der Waals surface area contributed by atoms with Gasteiger partial charge < -0.3 is 15.0 Å². The van der Waals surface area contributed by atoms with Crippen LogP contribution in [0.15, 0.2) is 89.4 Å². The number of benzene rings is 2.